The van der Waals surface area contributed by atoms with E-state index in [1.165, 1.54) is 15.6 Å². The minimum atomic E-state index is -0.276. The van der Waals surface area contributed by atoms with E-state index in [1.54, 1.807) is 6.07 Å². The second-order valence-electron chi connectivity index (χ2n) is 8.13. The first-order valence-corrected chi connectivity index (χ1v) is 10.1. The number of quaternary nitrogens is 1. The van der Waals surface area contributed by atoms with Gasteiger partial charge in [0.25, 0.3) is 5.56 Å². The lowest BCUT2D eigenvalue weighted by Gasteiger charge is -2.23. The van der Waals surface area contributed by atoms with Crippen molar-refractivity contribution in [2.45, 2.75) is 34.2 Å². The molecule has 2 aromatic rings. The predicted octanol–water partition coefficient (Wildman–Crippen LogP) is 1.22. The fraction of sp³-hybridized carbons (Fsp3) is 0.500. The maximum atomic E-state index is 12.3. The molecule has 0 saturated carbocycles. The van der Waals surface area contributed by atoms with Crippen LogP contribution in [0.2, 0.25) is 0 Å². The van der Waals surface area contributed by atoms with Gasteiger partial charge in [-0.05, 0) is 6.07 Å². The van der Waals surface area contributed by atoms with Crippen molar-refractivity contribution in [2.24, 2.45) is 11.8 Å². The van der Waals surface area contributed by atoms with E-state index in [4.69, 9.17) is 0 Å². The summed E-state index contributed by atoms with van der Waals surface area (Å²) in [4.78, 5) is 25.9. The van der Waals surface area contributed by atoms with Crippen LogP contribution in [0.25, 0.3) is 11.3 Å². The third-order valence-corrected chi connectivity index (χ3v) is 4.42. The molecule has 6 heteroatoms. The average molecular weight is 386 g/mol. The zero-order valence-electron chi connectivity index (χ0n) is 17.4. The molecule has 2 N–H and O–H groups in total. The van der Waals surface area contributed by atoms with Crippen molar-refractivity contribution in [3.63, 3.8) is 0 Å². The molecule has 0 atom stereocenters. The van der Waals surface area contributed by atoms with E-state index in [-0.39, 0.29) is 18.0 Å². The maximum absolute atomic E-state index is 12.3. The Bertz CT molecular complexity index is 790. The topological polar surface area (TPSA) is 68.4 Å². The van der Waals surface area contributed by atoms with E-state index in [9.17, 15) is 9.59 Å². The third-order valence-electron chi connectivity index (χ3n) is 4.42. The van der Waals surface area contributed by atoms with Gasteiger partial charge in [0, 0.05) is 23.5 Å². The Hall–Kier alpha value is -2.47. The quantitative estimate of drug-likeness (QED) is 0.646. The Morgan fingerprint density at radius 2 is 1.68 bits per heavy atom. The Kier molecular flexibility index (Phi) is 8.39. The van der Waals surface area contributed by atoms with E-state index in [2.05, 4.69) is 38.1 Å². The van der Waals surface area contributed by atoms with E-state index in [0.717, 1.165) is 25.2 Å². The van der Waals surface area contributed by atoms with Gasteiger partial charge in [0.05, 0.1) is 31.9 Å². The Morgan fingerprint density at radius 1 is 1.04 bits per heavy atom. The maximum Gasteiger partial charge on any atom is 0.267 e. The molecule has 1 aromatic heterocycles. The summed E-state index contributed by atoms with van der Waals surface area (Å²) in [6.07, 6.45) is 0. The van der Waals surface area contributed by atoms with Crippen molar-refractivity contribution in [3.05, 3.63) is 52.8 Å². The highest BCUT2D eigenvalue weighted by molar-refractivity contribution is 5.75. The highest BCUT2D eigenvalue weighted by Crippen LogP contribution is 2.13. The van der Waals surface area contributed by atoms with Gasteiger partial charge in [-0.15, -0.1) is 0 Å². The lowest BCUT2D eigenvalue weighted by Crippen LogP contribution is -3.13. The fourth-order valence-corrected chi connectivity index (χ4v) is 3.34. The zero-order chi connectivity index (χ0) is 20.5. The summed E-state index contributed by atoms with van der Waals surface area (Å²) in [5, 5.41) is 7.28. The Morgan fingerprint density at radius 3 is 2.29 bits per heavy atom. The van der Waals surface area contributed by atoms with Crippen LogP contribution in [-0.2, 0) is 11.3 Å². The first-order chi connectivity index (χ1) is 13.3. The van der Waals surface area contributed by atoms with Gasteiger partial charge in [-0.3, -0.25) is 9.59 Å². The molecule has 0 aliphatic rings. The van der Waals surface area contributed by atoms with Crippen LogP contribution < -0.4 is 15.8 Å². The van der Waals surface area contributed by atoms with E-state index in [0.29, 0.717) is 24.1 Å². The van der Waals surface area contributed by atoms with Crippen molar-refractivity contribution >= 4 is 5.91 Å². The molecule has 0 radical (unpaired) electrons. The average Bonchev–Trinajstić information content (AvgIpc) is 2.63. The summed E-state index contributed by atoms with van der Waals surface area (Å²) in [5.41, 5.74) is 1.32. The van der Waals surface area contributed by atoms with Crippen molar-refractivity contribution in [3.8, 4) is 11.3 Å². The van der Waals surface area contributed by atoms with Crippen molar-refractivity contribution in [1.29, 1.82) is 0 Å². The molecule has 1 heterocycles. The Labute approximate surface area is 167 Å². The number of nitrogens with one attached hydrogen (secondary N) is 2. The summed E-state index contributed by atoms with van der Waals surface area (Å²) in [6.45, 7) is 12.5. The number of benzene rings is 1. The minimum absolute atomic E-state index is 0.0663. The highest BCUT2D eigenvalue weighted by Gasteiger charge is 2.14. The molecule has 6 nitrogen and oxygen atoms in total. The van der Waals surface area contributed by atoms with Gasteiger partial charge < -0.3 is 10.2 Å². The van der Waals surface area contributed by atoms with Gasteiger partial charge in [0.15, 0.2) is 0 Å². The van der Waals surface area contributed by atoms with E-state index in [1.807, 2.05) is 30.3 Å². The van der Waals surface area contributed by atoms with Crippen LogP contribution in [0.1, 0.15) is 27.7 Å². The molecular formula is C22H33N4O2+. The molecule has 1 aromatic carbocycles. The number of carbonyl (C=O) groups is 1. The van der Waals surface area contributed by atoms with Gasteiger partial charge in [-0.2, -0.15) is 5.10 Å². The molecule has 0 spiro atoms. The van der Waals surface area contributed by atoms with Gasteiger partial charge >= 0.3 is 0 Å². The second-order valence-corrected chi connectivity index (χ2v) is 8.13. The smallest absolute Gasteiger partial charge is 0.267 e. The normalized spacial score (nSPS) is 11.4. The fourth-order valence-electron chi connectivity index (χ4n) is 3.34. The summed E-state index contributed by atoms with van der Waals surface area (Å²) in [5.74, 6) is 1.05. The van der Waals surface area contributed by atoms with Gasteiger partial charge in [0.2, 0.25) is 5.91 Å². The second kappa shape index (κ2) is 10.8. The number of carbonyl (C=O) groups excluding carboxylic acids is 1. The van der Waals surface area contributed by atoms with Crippen molar-refractivity contribution < 1.29 is 9.69 Å². The molecule has 28 heavy (non-hydrogen) atoms. The molecule has 0 unspecified atom stereocenters. The summed E-state index contributed by atoms with van der Waals surface area (Å²) in [6, 6.07) is 12.8. The van der Waals surface area contributed by atoms with Gasteiger partial charge in [0.1, 0.15) is 6.54 Å². The molecule has 0 bridgehead atoms. The lowest BCUT2D eigenvalue weighted by molar-refractivity contribution is -0.904. The minimum Gasteiger partial charge on any atom is -0.349 e. The highest BCUT2D eigenvalue weighted by atomic mass is 16.2. The van der Waals surface area contributed by atoms with Crippen molar-refractivity contribution in [1.82, 2.24) is 15.1 Å². The van der Waals surface area contributed by atoms with Crippen molar-refractivity contribution in [2.75, 3.05) is 26.2 Å². The number of rotatable bonds is 10. The number of hydrogen-bond acceptors (Lipinski definition) is 3. The summed E-state index contributed by atoms with van der Waals surface area (Å²) < 4.78 is 1.23. The standard InChI is InChI=1S/C22H32N4O2/c1-17(2)14-25(15-18(3)4)13-12-23-21(27)16-26-22(28)11-10-20(24-26)19-8-6-5-7-9-19/h5-11,17-18H,12-16H2,1-4H3,(H,23,27)/p+1. The first-order valence-electron chi connectivity index (χ1n) is 10.1. The summed E-state index contributed by atoms with van der Waals surface area (Å²) >= 11 is 0. The molecule has 0 aliphatic heterocycles. The van der Waals surface area contributed by atoms with Crippen LogP contribution >= 0.6 is 0 Å². The van der Waals surface area contributed by atoms with Crippen LogP contribution in [0, 0.1) is 11.8 Å². The number of aromatic nitrogens is 2. The van der Waals surface area contributed by atoms with Crippen LogP contribution in [0.3, 0.4) is 0 Å². The zero-order valence-corrected chi connectivity index (χ0v) is 17.4. The predicted molar refractivity (Wildman–Crippen MR) is 112 cm³/mol. The lowest BCUT2D eigenvalue weighted by atomic mass is 10.1. The molecule has 1 amide bonds. The molecule has 0 aliphatic carbocycles. The van der Waals surface area contributed by atoms with E-state index >= 15 is 0 Å². The Balaban J connectivity index is 1.93. The van der Waals surface area contributed by atoms with Gasteiger partial charge in [-0.25, -0.2) is 4.68 Å². The number of amides is 1. The van der Waals surface area contributed by atoms with Gasteiger partial charge in [-0.1, -0.05) is 58.0 Å². The monoisotopic (exact) mass is 385 g/mol. The number of hydrogen-bond donors (Lipinski definition) is 2. The largest absolute Gasteiger partial charge is 0.349 e. The van der Waals surface area contributed by atoms with Crippen LogP contribution in [-0.4, -0.2) is 41.9 Å². The van der Waals surface area contributed by atoms with Crippen LogP contribution in [0.15, 0.2) is 47.3 Å². The SMILES string of the molecule is CC(C)C[NH+](CCNC(=O)Cn1nc(-c2ccccc2)ccc1=O)CC(C)C. The molecular weight excluding hydrogens is 352 g/mol. The molecule has 152 valence electrons. The molecule has 0 fully saturated rings. The molecule has 2 rings (SSSR count). The van der Waals surface area contributed by atoms with Crippen LogP contribution in [0.5, 0.6) is 0 Å². The number of nitrogens with zero attached hydrogens (tertiary/aromatic N) is 2. The first kappa shape index (κ1) is 21.8. The van der Waals surface area contributed by atoms with E-state index < -0.39 is 0 Å². The third kappa shape index (κ3) is 7.27. The van der Waals surface area contributed by atoms with Crippen LogP contribution in [0.4, 0.5) is 0 Å². The molecule has 0 saturated heterocycles. The summed E-state index contributed by atoms with van der Waals surface area (Å²) in [7, 11) is 0.